The number of carbonyl (C=O) groups excluding carboxylic acids is 1. The summed E-state index contributed by atoms with van der Waals surface area (Å²) < 4.78 is 24.2. The summed E-state index contributed by atoms with van der Waals surface area (Å²) in [6, 6.07) is 19.3. The number of benzene rings is 3. The molecule has 2 heterocycles. The quantitative estimate of drug-likeness (QED) is 0.740. The van der Waals surface area contributed by atoms with Crippen LogP contribution in [0.4, 0.5) is 10.1 Å². The Kier molecular flexibility index (Phi) is 3.90. The fraction of sp³-hybridized carbons (Fsp3) is 0.136. The van der Waals surface area contributed by atoms with Crippen LogP contribution in [0.3, 0.4) is 0 Å². The predicted octanol–water partition coefficient (Wildman–Crippen LogP) is 4.32. The number of fused-ring (bicyclic) bond motifs is 2. The molecule has 0 spiro atoms. The van der Waals surface area contributed by atoms with Gasteiger partial charge in [-0.15, -0.1) is 0 Å². The second kappa shape index (κ2) is 6.56. The molecule has 0 radical (unpaired) electrons. The number of nitrogens with zero attached hydrogens (tertiary/aromatic N) is 1. The highest BCUT2D eigenvalue weighted by molar-refractivity contribution is 6.01. The zero-order valence-corrected chi connectivity index (χ0v) is 14.9. The van der Waals surface area contributed by atoms with Crippen molar-refractivity contribution in [2.75, 3.05) is 12.1 Å². The molecule has 5 nitrogen and oxygen atoms in total. The molecule has 28 heavy (non-hydrogen) atoms. The van der Waals surface area contributed by atoms with Crippen molar-refractivity contribution in [2.24, 2.45) is 0 Å². The number of hydrogen-bond donors (Lipinski definition) is 1. The molecule has 140 valence electrons. The normalized spacial score (nSPS) is 17.2. The van der Waals surface area contributed by atoms with Gasteiger partial charge >= 0.3 is 0 Å². The number of halogens is 1. The molecule has 1 atom stereocenters. The molecule has 3 aromatic rings. The third-order valence-electron chi connectivity index (χ3n) is 5.00. The van der Waals surface area contributed by atoms with Crippen molar-refractivity contribution in [3.8, 4) is 11.5 Å². The van der Waals surface area contributed by atoms with Crippen LogP contribution in [-0.4, -0.2) is 17.6 Å². The smallest absolute Gasteiger partial charge is 0.258 e. The molecule has 2 aliphatic heterocycles. The Hall–Kier alpha value is -3.54. The Labute approximate surface area is 161 Å². The van der Waals surface area contributed by atoms with E-state index in [9.17, 15) is 9.18 Å². The maximum absolute atomic E-state index is 13.3. The summed E-state index contributed by atoms with van der Waals surface area (Å²) in [5.74, 6) is 0.967. The van der Waals surface area contributed by atoms with Crippen LogP contribution in [0.2, 0.25) is 0 Å². The standard InChI is InChI=1S/C22H17FN2O3/c23-16-8-5-14(6-9-16)12-25-21(15-7-10-19-20(11-15)28-13-27-19)24-18-4-2-1-3-17(18)22(25)26/h1-11,21,24H,12-13H2. The van der Waals surface area contributed by atoms with Gasteiger partial charge in [0.2, 0.25) is 6.79 Å². The van der Waals surface area contributed by atoms with Gasteiger partial charge < -0.3 is 19.7 Å². The molecule has 0 saturated carbocycles. The third-order valence-corrected chi connectivity index (χ3v) is 5.00. The molecule has 0 aromatic heterocycles. The van der Waals surface area contributed by atoms with Gasteiger partial charge in [0.05, 0.1) is 5.56 Å². The van der Waals surface area contributed by atoms with Crippen molar-refractivity contribution in [1.82, 2.24) is 4.90 Å². The van der Waals surface area contributed by atoms with E-state index < -0.39 is 0 Å². The lowest BCUT2D eigenvalue weighted by molar-refractivity contribution is 0.0666. The summed E-state index contributed by atoms with van der Waals surface area (Å²) in [6.07, 6.45) is -0.387. The van der Waals surface area contributed by atoms with Crippen molar-refractivity contribution >= 4 is 11.6 Å². The summed E-state index contributed by atoms with van der Waals surface area (Å²) in [5.41, 5.74) is 3.13. The number of para-hydroxylation sites is 1. The van der Waals surface area contributed by atoms with Gasteiger partial charge in [0.25, 0.3) is 5.91 Å². The van der Waals surface area contributed by atoms with Crippen molar-refractivity contribution in [2.45, 2.75) is 12.7 Å². The van der Waals surface area contributed by atoms with Crippen molar-refractivity contribution < 1.29 is 18.7 Å². The van der Waals surface area contributed by atoms with Gasteiger partial charge in [0.15, 0.2) is 11.5 Å². The van der Waals surface area contributed by atoms with Crippen LogP contribution >= 0.6 is 0 Å². The molecule has 0 saturated heterocycles. The first kappa shape index (κ1) is 16.6. The molecule has 1 amide bonds. The molecule has 1 N–H and O–H groups in total. The van der Waals surface area contributed by atoms with E-state index in [0.717, 1.165) is 16.8 Å². The van der Waals surface area contributed by atoms with Crippen LogP contribution in [0.1, 0.15) is 27.7 Å². The Morgan fingerprint density at radius 1 is 1.00 bits per heavy atom. The van der Waals surface area contributed by atoms with Gasteiger partial charge in [-0.3, -0.25) is 4.79 Å². The van der Waals surface area contributed by atoms with Gasteiger partial charge in [-0.05, 0) is 47.5 Å². The first-order valence-electron chi connectivity index (χ1n) is 8.99. The summed E-state index contributed by atoms with van der Waals surface area (Å²) in [6.45, 7) is 0.539. The predicted molar refractivity (Wildman–Crippen MR) is 102 cm³/mol. The molecule has 0 aliphatic carbocycles. The lowest BCUT2D eigenvalue weighted by Gasteiger charge is -2.38. The Balaban J connectivity index is 1.55. The zero-order chi connectivity index (χ0) is 19.1. The number of ether oxygens (including phenoxy) is 2. The fourth-order valence-electron chi connectivity index (χ4n) is 3.59. The van der Waals surface area contributed by atoms with E-state index in [-0.39, 0.29) is 24.7 Å². The van der Waals surface area contributed by atoms with Gasteiger partial charge in [-0.25, -0.2) is 4.39 Å². The molecule has 0 bridgehead atoms. The lowest BCUT2D eigenvalue weighted by Crippen LogP contribution is -2.42. The average Bonchev–Trinajstić information content (AvgIpc) is 3.19. The molecular weight excluding hydrogens is 359 g/mol. The second-order valence-corrected chi connectivity index (χ2v) is 6.76. The molecule has 6 heteroatoms. The Bertz CT molecular complexity index is 1050. The van der Waals surface area contributed by atoms with E-state index in [1.54, 1.807) is 23.1 Å². The van der Waals surface area contributed by atoms with E-state index in [0.29, 0.717) is 23.6 Å². The SMILES string of the molecule is O=C1c2ccccc2NC(c2ccc3c(c2)OCO3)N1Cc1ccc(F)cc1. The van der Waals surface area contributed by atoms with Crippen molar-refractivity contribution in [3.63, 3.8) is 0 Å². The van der Waals surface area contributed by atoms with Gasteiger partial charge in [-0.1, -0.05) is 30.3 Å². The monoisotopic (exact) mass is 376 g/mol. The van der Waals surface area contributed by atoms with Gasteiger partial charge in [0.1, 0.15) is 12.0 Å². The summed E-state index contributed by atoms with van der Waals surface area (Å²) in [4.78, 5) is 15.0. The highest BCUT2D eigenvalue weighted by Crippen LogP contribution is 2.39. The van der Waals surface area contributed by atoms with E-state index in [4.69, 9.17) is 9.47 Å². The molecule has 3 aromatic carbocycles. The molecule has 2 aliphatic rings. The molecule has 5 rings (SSSR count). The number of amides is 1. The van der Waals surface area contributed by atoms with Crippen molar-refractivity contribution in [3.05, 3.63) is 89.2 Å². The number of carbonyl (C=O) groups is 1. The van der Waals surface area contributed by atoms with Crippen LogP contribution in [0, 0.1) is 5.82 Å². The topological polar surface area (TPSA) is 50.8 Å². The van der Waals surface area contributed by atoms with Crippen LogP contribution in [-0.2, 0) is 6.54 Å². The van der Waals surface area contributed by atoms with Crippen LogP contribution < -0.4 is 14.8 Å². The Morgan fingerprint density at radius 3 is 2.64 bits per heavy atom. The van der Waals surface area contributed by atoms with Gasteiger partial charge in [-0.2, -0.15) is 0 Å². The van der Waals surface area contributed by atoms with E-state index >= 15 is 0 Å². The van der Waals surface area contributed by atoms with Crippen LogP contribution in [0.15, 0.2) is 66.7 Å². The zero-order valence-electron chi connectivity index (χ0n) is 14.9. The maximum Gasteiger partial charge on any atom is 0.258 e. The summed E-state index contributed by atoms with van der Waals surface area (Å²) in [7, 11) is 0. The highest BCUT2D eigenvalue weighted by Gasteiger charge is 2.33. The Morgan fingerprint density at radius 2 is 1.79 bits per heavy atom. The minimum Gasteiger partial charge on any atom is -0.454 e. The molecular formula is C22H17FN2O3. The largest absolute Gasteiger partial charge is 0.454 e. The average molecular weight is 376 g/mol. The highest BCUT2D eigenvalue weighted by atomic mass is 19.1. The van der Waals surface area contributed by atoms with E-state index in [2.05, 4.69) is 5.32 Å². The summed E-state index contributed by atoms with van der Waals surface area (Å²) in [5, 5.41) is 3.45. The fourth-order valence-corrected chi connectivity index (χ4v) is 3.59. The minimum atomic E-state index is -0.387. The summed E-state index contributed by atoms with van der Waals surface area (Å²) >= 11 is 0. The third kappa shape index (κ3) is 2.83. The van der Waals surface area contributed by atoms with Gasteiger partial charge in [0, 0.05) is 12.2 Å². The first-order chi connectivity index (χ1) is 13.7. The molecule has 1 unspecified atom stereocenters. The minimum absolute atomic E-state index is 0.0821. The van der Waals surface area contributed by atoms with Crippen LogP contribution in [0.5, 0.6) is 11.5 Å². The molecule has 0 fully saturated rings. The second-order valence-electron chi connectivity index (χ2n) is 6.76. The van der Waals surface area contributed by atoms with Crippen molar-refractivity contribution in [1.29, 1.82) is 0 Å². The van der Waals surface area contributed by atoms with E-state index in [1.165, 1.54) is 12.1 Å². The number of hydrogen-bond acceptors (Lipinski definition) is 4. The maximum atomic E-state index is 13.3. The first-order valence-corrected chi connectivity index (χ1v) is 8.99. The van der Waals surface area contributed by atoms with E-state index in [1.807, 2.05) is 36.4 Å². The number of rotatable bonds is 3. The lowest BCUT2D eigenvalue weighted by atomic mass is 10.0. The number of nitrogens with one attached hydrogen (secondary N) is 1. The number of anilines is 1. The van der Waals surface area contributed by atoms with Crippen LogP contribution in [0.25, 0.3) is 0 Å².